The van der Waals surface area contributed by atoms with Crippen LogP contribution in [0.15, 0.2) is 66.7 Å². The summed E-state index contributed by atoms with van der Waals surface area (Å²) in [6.45, 7) is 2.46. The molecule has 170 valence electrons. The van der Waals surface area contributed by atoms with Crippen molar-refractivity contribution in [1.29, 1.82) is 0 Å². The van der Waals surface area contributed by atoms with E-state index in [1.807, 2.05) is 37.3 Å². The van der Waals surface area contributed by atoms with Gasteiger partial charge in [0.1, 0.15) is 5.75 Å². The highest BCUT2D eigenvalue weighted by atomic mass is 16.3. The van der Waals surface area contributed by atoms with Gasteiger partial charge in [-0.2, -0.15) is 0 Å². The summed E-state index contributed by atoms with van der Waals surface area (Å²) in [5.41, 5.74) is 4.05. The van der Waals surface area contributed by atoms with Gasteiger partial charge in [-0.25, -0.2) is 0 Å². The van der Waals surface area contributed by atoms with Crippen LogP contribution in [0.2, 0.25) is 0 Å². The smallest absolute Gasteiger partial charge is 0.258 e. The van der Waals surface area contributed by atoms with Gasteiger partial charge in [-0.1, -0.05) is 36.4 Å². The molecular formula is C27H29N3O3. The first-order valence-electron chi connectivity index (χ1n) is 11.1. The number of hydrogen-bond acceptors (Lipinski definition) is 4. The van der Waals surface area contributed by atoms with Gasteiger partial charge < -0.3 is 20.2 Å². The molecule has 0 fully saturated rings. The Hall–Kier alpha value is -3.64. The molecule has 1 aliphatic rings. The lowest BCUT2D eigenvalue weighted by Gasteiger charge is -2.27. The number of hydrogen-bond donors (Lipinski definition) is 2. The van der Waals surface area contributed by atoms with Crippen LogP contribution in [0, 0.1) is 6.92 Å². The zero-order chi connectivity index (χ0) is 23.5. The fourth-order valence-corrected chi connectivity index (χ4v) is 4.42. The van der Waals surface area contributed by atoms with Gasteiger partial charge in [0.25, 0.3) is 11.8 Å². The lowest BCUT2D eigenvalue weighted by atomic mass is 10.0. The summed E-state index contributed by atoms with van der Waals surface area (Å²) >= 11 is 0. The maximum absolute atomic E-state index is 13.5. The molecule has 2 N–H and O–H groups in total. The van der Waals surface area contributed by atoms with Gasteiger partial charge in [-0.15, -0.1) is 0 Å². The van der Waals surface area contributed by atoms with E-state index < -0.39 is 0 Å². The lowest BCUT2D eigenvalue weighted by Crippen LogP contribution is -2.31. The van der Waals surface area contributed by atoms with Crippen molar-refractivity contribution < 1.29 is 14.7 Å². The molecule has 1 heterocycles. The Balaban J connectivity index is 1.59. The zero-order valence-corrected chi connectivity index (χ0v) is 19.2. The highest BCUT2D eigenvalue weighted by Crippen LogP contribution is 2.36. The van der Waals surface area contributed by atoms with Gasteiger partial charge in [0.2, 0.25) is 0 Å². The van der Waals surface area contributed by atoms with Crippen LogP contribution in [-0.2, 0) is 0 Å². The molecule has 1 aliphatic heterocycles. The Morgan fingerprint density at radius 1 is 1.03 bits per heavy atom. The molecule has 0 radical (unpaired) electrons. The second-order valence-corrected chi connectivity index (χ2v) is 8.64. The van der Waals surface area contributed by atoms with Gasteiger partial charge in [0.15, 0.2) is 0 Å². The van der Waals surface area contributed by atoms with Crippen LogP contribution in [0.25, 0.3) is 0 Å². The molecule has 0 saturated carbocycles. The second-order valence-electron chi connectivity index (χ2n) is 8.64. The van der Waals surface area contributed by atoms with E-state index in [-0.39, 0.29) is 29.3 Å². The number of amides is 2. The van der Waals surface area contributed by atoms with Gasteiger partial charge in [0.05, 0.1) is 5.69 Å². The molecule has 0 aliphatic carbocycles. The van der Waals surface area contributed by atoms with E-state index in [0.717, 1.165) is 29.7 Å². The fourth-order valence-electron chi connectivity index (χ4n) is 4.42. The van der Waals surface area contributed by atoms with Crippen molar-refractivity contribution in [2.24, 2.45) is 0 Å². The summed E-state index contributed by atoms with van der Waals surface area (Å²) < 4.78 is 0. The standard InChI is InChI=1S/C27H29N3O3/c1-18-9-4-5-10-20(18)26(32)28-22-15-14-19(17-25(22)31)27(33)30-16-8-13-23(29(2)3)21-11-6-7-12-24(21)30/h4-7,9-12,14-15,17,23,31H,8,13,16H2,1-3H3,(H,28,32). The molecule has 6 nitrogen and oxygen atoms in total. The number of fused-ring (bicyclic) bond motifs is 1. The number of rotatable bonds is 4. The number of aromatic hydroxyl groups is 1. The molecule has 0 aromatic heterocycles. The van der Waals surface area contributed by atoms with Crippen LogP contribution in [0.1, 0.15) is 50.7 Å². The molecule has 33 heavy (non-hydrogen) atoms. The molecule has 0 spiro atoms. The number of carbonyl (C=O) groups excluding carboxylic acids is 2. The first-order chi connectivity index (χ1) is 15.9. The monoisotopic (exact) mass is 443 g/mol. The van der Waals surface area contributed by atoms with E-state index in [2.05, 4.69) is 30.4 Å². The minimum absolute atomic E-state index is 0.142. The maximum atomic E-state index is 13.5. The second kappa shape index (κ2) is 9.46. The van der Waals surface area contributed by atoms with Crippen LogP contribution in [0.4, 0.5) is 11.4 Å². The van der Waals surface area contributed by atoms with Crippen molar-refractivity contribution in [2.45, 2.75) is 25.8 Å². The Morgan fingerprint density at radius 2 is 1.76 bits per heavy atom. The van der Waals surface area contributed by atoms with Crippen LogP contribution >= 0.6 is 0 Å². The zero-order valence-electron chi connectivity index (χ0n) is 19.2. The van der Waals surface area contributed by atoms with Crippen molar-refractivity contribution in [3.05, 3.63) is 89.0 Å². The van der Waals surface area contributed by atoms with Crippen molar-refractivity contribution >= 4 is 23.2 Å². The first-order valence-corrected chi connectivity index (χ1v) is 11.1. The third-order valence-corrected chi connectivity index (χ3v) is 6.20. The largest absolute Gasteiger partial charge is 0.506 e. The van der Waals surface area contributed by atoms with Crippen molar-refractivity contribution in [2.75, 3.05) is 30.9 Å². The summed E-state index contributed by atoms with van der Waals surface area (Å²) in [7, 11) is 4.11. The first kappa shape index (κ1) is 22.6. The average Bonchev–Trinajstić information content (AvgIpc) is 3.00. The Kier molecular flexibility index (Phi) is 6.47. The number of nitrogens with zero attached hydrogens (tertiary/aromatic N) is 2. The van der Waals surface area contributed by atoms with E-state index in [4.69, 9.17) is 0 Å². The number of phenols is 1. The topological polar surface area (TPSA) is 72.9 Å². The molecule has 6 heteroatoms. The average molecular weight is 444 g/mol. The number of para-hydroxylation sites is 1. The lowest BCUT2D eigenvalue weighted by molar-refractivity contribution is 0.0985. The summed E-state index contributed by atoms with van der Waals surface area (Å²) in [6, 6.07) is 20.1. The van der Waals surface area contributed by atoms with Crippen LogP contribution in [0.5, 0.6) is 5.75 Å². The molecule has 2 amide bonds. The minimum Gasteiger partial charge on any atom is -0.506 e. The highest BCUT2D eigenvalue weighted by Gasteiger charge is 2.28. The minimum atomic E-state index is -0.307. The van der Waals surface area contributed by atoms with Crippen LogP contribution < -0.4 is 10.2 Å². The number of nitrogens with one attached hydrogen (secondary N) is 1. The van der Waals surface area contributed by atoms with E-state index >= 15 is 0 Å². The number of phenolic OH excluding ortho intramolecular Hbond substituents is 1. The highest BCUT2D eigenvalue weighted by molar-refractivity contribution is 6.09. The molecule has 3 aromatic rings. The van der Waals surface area contributed by atoms with Gasteiger partial charge >= 0.3 is 0 Å². The van der Waals surface area contributed by atoms with Crippen molar-refractivity contribution in [1.82, 2.24) is 4.90 Å². The van der Waals surface area contributed by atoms with Crippen molar-refractivity contribution in [3.63, 3.8) is 0 Å². The predicted octanol–water partition coefficient (Wildman–Crippen LogP) is 5.00. The van der Waals surface area contributed by atoms with E-state index in [9.17, 15) is 14.7 Å². The molecular weight excluding hydrogens is 414 g/mol. The van der Waals surface area contributed by atoms with Crippen molar-refractivity contribution in [3.8, 4) is 5.75 Å². The molecule has 0 saturated heterocycles. The van der Waals surface area contributed by atoms with E-state index in [1.54, 1.807) is 29.2 Å². The SMILES string of the molecule is Cc1ccccc1C(=O)Nc1ccc(C(=O)N2CCCC(N(C)C)c3ccccc32)cc1O. The number of benzene rings is 3. The summed E-state index contributed by atoms with van der Waals surface area (Å²) in [4.78, 5) is 30.0. The van der Waals surface area contributed by atoms with Crippen LogP contribution in [-0.4, -0.2) is 42.5 Å². The maximum Gasteiger partial charge on any atom is 0.258 e. The Bertz CT molecular complexity index is 1190. The summed E-state index contributed by atoms with van der Waals surface area (Å²) in [5.74, 6) is -0.621. The Morgan fingerprint density at radius 3 is 2.48 bits per heavy atom. The van der Waals surface area contributed by atoms with E-state index in [0.29, 0.717) is 17.7 Å². The summed E-state index contributed by atoms with van der Waals surface area (Å²) in [6.07, 6.45) is 1.84. The molecule has 0 bridgehead atoms. The summed E-state index contributed by atoms with van der Waals surface area (Å²) in [5, 5.41) is 13.3. The molecule has 4 rings (SSSR count). The quantitative estimate of drug-likeness (QED) is 0.557. The third-order valence-electron chi connectivity index (χ3n) is 6.20. The number of anilines is 2. The normalized spacial score (nSPS) is 15.6. The fraction of sp³-hybridized carbons (Fsp3) is 0.259. The molecule has 1 unspecified atom stereocenters. The number of aryl methyl sites for hydroxylation is 1. The Labute approximate surface area is 194 Å². The molecule has 3 aromatic carbocycles. The van der Waals surface area contributed by atoms with Gasteiger partial charge in [-0.05, 0) is 75.3 Å². The van der Waals surface area contributed by atoms with Gasteiger partial charge in [-0.3, -0.25) is 9.59 Å². The molecule has 1 atom stereocenters. The van der Waals surface area contributed by atoms with Gasteiger partial charge in [0, 0.05) is 29.4 Å². The predicted molar refractivity (Wildman–Crippen MR) is 131 cm³/mol. The third kappa shape index (κ3) is 4.61. The van der Waals surface area contributed by atoms with E-state index in [1.165, 1.54) is 6.07 Å². The van der Waals surface area contributed by atoms with Crippen LogP contribution in [0.3, 0.4) is 0 Å². The number of carbonyl (C=O) groups is 2.